The molecule has 12 heteroatoms. The summed E-state index contributed by atoms with van der Waals surface area (Å²) in [6.07, 6.45) is -0.653. The van der Waals surface area contributed by atoms with E-state index in [2.05, 4.69) is 20.2 Å². The van der Waals surface area contributed by atoms with Crippen LogP contribution in [-0.4, -0.2) is 32.7 Å². The molecule has 3 aromatic heterocycles. The number of furan rings is 1. The molecule has 172 valence electrons. The lowest BCUT2D eigenvalue weighted by atomic mass is 10.2. The molecule has 0 radical (unpaired) electrons. The normalized spacial score (nSPS) is 12.1. The van der Waals surface area contributed by atoms with Gasteiger partial charge in [0.2, 0.25) is 5.71 Å². The molecule has 1 aromatic carbocycles. The molecule has 3 heterocycles. The highest BCUT2D eigenvalue weighted by Crippen LogP contribution is 2.31. The van der Waals surface area contributed by atoms with E-state index in [9.17, 15) is 9.18 Å². The number of esters is 1. The van der Waals surface area contributed by atoms with Gasteiger partial charge in [-0.1, -0.05) is 23.9 Å². The summed E-state index contributed by atoms with van der Waals surface area (Å²) in [5, 5.41) is 8.48. The topological polar surface area (TPSA) is 139 Å². The SMILES string of the molecule is CCOC(=O)c1c(C)oc2nc(CSc3nnc([C@@H](C)Oc4ccccc4F)o3)nc(N)c12. The molecular formula is C21H20FN5O5S. The molecule has 0 saturated carbocycles. The van der Waals surface area contributed by atoms with Crippen LogP contribution in [0.25, 0.3) is 11.1 Å². The summed E-state index contributed by atoms with van der Waals surface area (Å²) in [4.78, 5) is 20.8. The van der Waals surface area contributed by atoms with Crippen molar-refractivity contribution >= 4 is 34.6 Å². The van der Waals surface area contributed by atoms with Gasteiger partial charge < -0.3 is 24.0 Å². The quantitative estimate of drug-likeness (QED) is 0.290. The van der Waals surface area contributed by atoms with E-state index in [1.807, 2.05) is 0 Å². The lowest BCUT2D eigenvalue weighted by Crippen LogP contribution is -2.07. The van der Waals surface area contributed by atoms with Crippen LogP contribution in [0.1, 0.15) is 47.8 Å². The Morgan fingerprint density at radius 1 is 1.24 bits per heavy atom. The maximum Gasteiger partial charge on any atom is 0.342 e. The van der Waals surface area contributed by atoms with Crippen LogP contribution >= 0.6 is 11.8 Å². The summed E-state index contributed by atoms with van der Waals surface area (Å²) < 4.78 is 35.6. The Balaban J connectivity index is 1.46. The van der Waals surface area contributed by atoms with Crippen molar-refractivity contribution in [2.24, 2.45) is 0 Å². The van der Waals surface area contributed by atoms with E-state index >= 15 is 0 Å². The lowest BCUT2D eigenvalue weighted by molar-refractivity contribution is 0.0526. The summed E-state index contributed by atoms with van der Waals surface area (Å²) in [7, 11) is 0. The van der Waals surface area contributed by atoms with Crippen LogP contribution in [0.3, 0.4) is 0 Å². The number of aromatic nitrogens is 4. The number of carbonyl (C=O) groups excluding carboxylic acids is 1. The number of para-hydroxylation sites is 1. The minimum absolute atomic E-state index is 0.0884. The van der Waals surface area contributed by atoms with Gasteiger partial charge in [0.25, 0.3) is 11.1 Å². The van der Waals surface area contributed by atoms with Crippen LogP contribution in [0.2, 0.25) is 0 Å². The molecule has 0 saturated heterocycles. The van der Waals surface area contributed by atoms with Gasteiger partial charge in [0.1, 0.15) is 23.0 Å². The minimum Gasteiger partial charge on any atom is -0.478 e. The molecule has 4 aromatic rings. The third kappa shape index (κ3) is 4.75. The molecule has 1 atom stereocenters. The molecule has 0 aliphatic carbocycles. The van der Waals surface area contributed by atoms with Crippen molar-refractivity contribution in [3.63, 3.8) is 0 Å². The molecule has 4 rings (SSSR count). The largest absolute Gasteiger partial charge is 0.478 e. The number of rotatable bonds is 8. The highest BCUT2D eigenvalue weighted by Gasteiger charge is 2.24. The van der Waals surface area contributed by atoms with E-state index in [1.165, 1.54) is 23.9 Å². The zero-order valence-corrected chi connectivity index (χ0v) is 18.8. The van der Waals surface area contributed by atoms with Crippen molar-refractivity contribution in [2.75, 3.05) is 12.3 Å². The third-order valence-electron chi connectivity index (χ3n) is 4.52. The first-order chi connectivity index (χ1) is 15.9. The van der Waals surface area contributed by atoms with E-state index in [0.717, 1.165) is 0 Å². The second-order valence-corrected chi connectivity index (χ2v) is 7.77. The number of hydrogen-bond acceptors (Lipinski definition) is 11. The van der Waals surface area contributed by atoms with Crippen molar-refractivity contribution in [3.05, 3.63) is 53.1 Å². The van der Waals surface area contributed by atoms with Gasteiger partial charge >= 0.3 is 5.97 Å². The van der Waals surface area contributed by atoms with Crippen LogP contribution in [0.5, 0.6) is 5.75 Å². The maximum absolute atomic E-state index is 13.8. The Bertz CT molecular complexity index is 1310. The summed E-state index contributed by atoms with van der Waals surface area (Å²) >= 11 is 1.18. The Labute approximate surface area is 191 Å². The Kier molecular flexibility index (Phi) is 6.45. The maximum atomic E-state index is 13.8. The van der Waals surface area contributed by atoms with E-state index in [0.29, 0.717) is 17.0 Å². The highest BCUT2D eigenvalue weighted by molar-refractivity contribution is 7.98. The summed E-state index contributed by atoms with van der Waals surface area (Å²) in [6, 6.07) is 6.05. The molecule has 2 N–H and O–H groups in total. The Morgan fingerprint density at radius 3 is 2.79 bits per heavy atom. The van der Waals surface area contributed by atoms with E-state index in [4.69, 9.17) is 24.0 Å². The van der Waals surface area contributed by atoms with Gasteiger partial charge in [-0.25, -0.2) is 14.2 Å². The van der Waals surface area contributed by atoms with Gasteiger partial charge in [-0.15, -0.1) is 10.2 Å². The molecule has 33 heavy (non-hydrogen) atoms. The minimum atomic E-state index is -0.653. The van der Waals surface area contributed by atoms with Crippen LogP contribution in [0.15, 0.2) is 38.3 Å². The van der Waals surface area contributed by atoms with Gasteiger partial charge in [-0.2, -0.15) is 4.98 Å². The van der Waals surface area contributed by atoms with Crippen molar-refractivity contribution in [2.45, 2.75) is 37.9 Å². The second kappa shape index (κ2) is 9.45. The number of ether oxygens (including phenoxy) is 2. The van der Waals surface area contributed by atoms with Gasteiger partial charge in [0.05, 0.1) is 17.7 Å². The zero-order chi connectivity index (χ0) is 23.5. The first kappa shape index (κ1) is 22.5. The number of thioether (sulfide) groups is 1. The highest BCUT2D eigenvalue weighted by atomic mass is 32.2. The number of fused-ring (bicyclic) bond motifs is 1. The average Bonchev–Trinajstić information content (AvgIpc) is 3.38. The summed E-state index contributed by atoms with van der Waals surface area (Å²) in [5.74, 6) is 0.304. The van der Waals surface area contributed by atoms with Gasteiger partial charge in [0.15, 0.2) is 17.7 Å². The summed E-state index contributed by atoms with van der Waals surface area (Å²) in [5.41, 5.74) is 6.48. The Morgan fingerprint density at radius 2 is 2.03 bits per heavy atom. The summed E-state index contributed by atoms with van der Waals surface area (Å²) in [6.45, 7) is 5.23. The smallest absolute Gasteiger partial charge is 0.342 e. The Hall–Kier alpha value is -3.67. The monoisotopic (exact) mass is 473 g/mol. The van der Waals surface area contributed by atoms with Crippen LogP contribution in [-0.2, 0) is 10.5 Å². The predicted molar refractivity (Wildman–Crippen MR) is 116 cm³/mol. The van der Waals surface area contributed by atoms with Gasteiger partial charge in [-0.05, 0) is 32.9 Å². The number of halogens is 1. The average molecular weight is 473 g/mol. The number of benzene rings is 1. The number of nitrogens with zero attached hydrogens (tertiary/aromatic N) is 4. The fourth-order valence-electron chi connectivity index (χ4n) is 3.05. The van der Waals surface area contributed by atoms with Gasteiger partial charge in [0, 0.05) is 0 Å². The van der Waals surface area contributed by atoms with Crippen LogP contribution in [0.4, 0.5) is 10.2 Å². The first-order valence-electron chi connectivity index (χ1n) is 9.97. The molecule has 0 amide bonds. The molecule has 0 aliphatic rings. The number of aryl methyl sites for hydroxylation is 1. The number of anilines is 1. The standard InChI is InChI=1S/C21H20FN5O5S/c1-4-29-20(28)15-10(2)31-19-16(15)17(23)24-14(25-19)9-33-21-27-26-18(32-21)11(3)30-13-8-6-5-7-12(13)22/h5-8,11H,4,9H2,1-3H3,(H2,23,24,25)/t11-/m1/s1. The fraction of sp³-hybridized carbons (Fsp3) is 0.286. The van der Waals surface area contributed by atoms with Crippen molar-refractivity contribution in [3.8, 4) is 5.75 Å². The third-order valence-corrected chi connectivity index (χ3v) is 5.33. The van der Waals surface area contributed by atoms with Crippen molar-refractivity contribution in [1.82, 2.24) is 20.2 Å². The second-order valence-electron chi connectivity index (χ2n) is 6.84. The number of nitrogens with two attached hydrogens (primary N) is 1. The van der Waals surface area contributed by atoms with Gasteiger partial charge in [-0.3, -0.25) is 0 Å². The lowest BCUT2D eigenvalue weighted by Gasteiger charge is -2.11. The van der Waals surface area contributed by atoms with E-state index in [-0.39, 0.29) is 46.3 Å². The molecule has 0 fully saturated rings. The van der Waals surface area contributed by atoms with E-state index < -0.39 is 17.9 Å². The van der Waals surface area contributed by atoms with E-state index in [1.54, 1.807) is 32.9 Å². The molecule has 10 nitrogen and oxygen atoms in total. The zero-order valence-electron chi connectivity index (χ0n) is 18.0. The number of carbonyl (C=O) groups is 1. The number of nitrogen functional groups attached to an aromatic ring is 1. The molecular weight excluding hydrogens is 453 g/mol. The fourth-order valence-corrected chi connectivity index (χ4v) is 3.67. The number of hydrogen-bond donors (Lipinski definition) is 1. The molecule has 0 unspecified atom stereocenters. The molecule has 0 bridgehead atoms. The van der Waals surface area contributed by atoms with Crippen molar-refractivity contribution < 1.29 is 27.5 Å². The van der Waals surface area contributed by atoms with Crippen LogP contribution in [0, 0.1) is 12.7 Å². The molecule has 0 aliphatic heterocycles. The first-order valence-corrected chi connectivity index (χ1v) is 11.0. The predicted octanol–water partition coefficient (Wildman–Crippen LogP) is 4.24. The van der Waals surface area contributed by atoms with Crippen LogP contribution < -0.4 is 10.5 Å². The molecule has 0 spiro atoms. The van der Waals surface area contributed by atoms with Crippen molar-refractivity contribution in [1.29, 1.82) is 0 Å².